The molecule has 1 atom stereocenters. The molecule has 0 radical (unpaired) electrons. The number of carboxylic acids is 1. The van der Waals surface area contributed by atoms with Gasteiger partial charge in [-0.2, -0.15) is 0 Å². The van der Waals surface area contributed by atoms with E-state index in [4.69, 9.17) is 10.8 Å². The third-order valence-corrected chi connectivity index (χ3v) is 2.45. The highest BCUT2D eigenvalue weighted by molar-refractivity contribution is 5.85. The molecule has 1 rings (SSSR count). The molecule has 6 heteroatoms. The fraction of sp³-hybridized carbons (Fsp3) is 0.417. The monoisotopic (exact) mass is 251 g/mol. The van der Waals surface area contributed by atoms with Crippen LogP contribution in [-0.2, 0) is 11.3 Å². The SMILES string of the molecule is CCC[C@H](N)C(=O)NCc1ccc(C(=O)O)nc1. The average molecular weight is 251 g/mol. The van der Waals surface area contributed by atoms with E-state index >= 15 is 0 Å². The predicted molar refractivity (Wildman–Crippen MR) is 65.9 cm³/mol. The summed E-state index contributed by atoms with van der Waals surface area (Å²) in [6.45, 7) is 2.25. The molecule has 0 saturated carbocycles. The number of carbonyl (C=O) groups is 2. The lowest BCUT2D eigenvalue weighted by Gasteiger charge is -2.10. The quantitative estimate of drug-likeness (QED) is 0.683. The molecule has 1 aromatic rings. The summed E-state index contributed by atoms with van der Waals surface area (Å²) in [5.74, 6) is -1.28. The number of nitrogens with zero attached hydrogens (tertiary/aromatic N) is 1. The van der Waals surface area contributed by atoms with E-state index in [1.807, 2.05) is 6.92 Å². The van der Waals surface area contributed by atoms with Gasteiger partial charge in [-0.1, -0.05) is 19.4 Å². The maximum Gasteiger partial charge on any atom is 0.354 e. The Kier molecular flexibility index (Phi) is 5.26. The number of hydrogen-bond donors (Lipinski definition) is 3. The summed E-state index contributed by atoms with van der Waals surface area (Å²) >= 11 is 0. The Hall–Kier alpha value is -1.95. The Morgan fingerprint density at radius 3 is 2.72 bits per heavy atom. The van der Waals surface area contributed by atoms with E-state index in [1.54, 1.807) is 6.07 Å². The summed E-state index contributed by atoms with van der Waals surface area (Å²) in [5.41, 5.74) is 6.36. The second-order valence-electron chi connectivity index (χ2n) is 3.97. The third-order valence-electron chi connectivity index (χ3n) is 2.45. The van der Waals surface area contributed by atoms with Gasteiger partial charge in [-0.05, 0) is 18.1 Å². The van der Waals surface area contributed by atoms with Crippen molar-refractivity contribution in [1.29, 1.82) is 0 Å². The van der Waals surface area contributed by atoms with E-state index in [9.17, 15) is 9.59 Å². The van der Waals surface area contributed by atoms with Crippen molar-refractivity contribution in [2.24, 2.45) is 5.73 Å². The first-order valence-electron chi connectivity index (χ1n) is 5.76. The number of rotatable bonds is 6. The molecular weight excluding hydrogens is 234 g/mol. The number of aromatic nitrogens is 1. The Morgan fingerprint density at radius 1 is 1.50 bits per heavy atom. The third kappa shape index (κ3) is 4.14. The van der Waals surface area contributed by atoms with Crippen molar-refractivity contribution < 1.29 is 14.7 Å². The largest absolute Gasteiger partial charge is 0.477 e. The van der Waals surface area contributed by atoms with Crippen LogP contribution in [0.3, 0.4) is 0 Å². The molecule has 1 heterocycles. The van der Waals surface area contributed by atoms with Gasteiger partial charge in [-0.3, -0.25) is 4.79 Å². The fourth-order valence-electron chi connectivity index (χ4n) is 1.42. The first kappa shape index (κ1) is 14.1. The number of aromatic carboxylic acids is 1. The Bertz CT molecular complexity index is 417. The fourth-order valence-corrected chi connectivity index (χ4v) is 1.42. The molecule has 1 amide bonds. The van der Waals surface area contributed by atoms with Crippen molar-refractivity contribution in [3.05, 3.63) is 29.6 Å². The number of carbonyl (C=O) groups excluding carboxylic acids is 1. The standard InChI is InChI=1S/C12H17N3O3/c1-2-3-9(13)11(16)15-7-8-4-5-10(12(17)18)14-6-8/h4-6,9H,2-3,7,13H2,1H3,(H,15,16)(H,17,18)/t9-/m0/s1. The number of hydrogen-bond acceptors (Lipinski definition) is 4. The Balaban J connectivity index is 2.48. The topological polar surface area (TPSA) is 105 Å². The normalized spacial score (nSPS) is 11.9. The van der Waals surface area contributed by atoms with Gasteiger partial charge in [0.2, 0.25) is 5.91 Å². The zero-order chi connectivity index (χ0) is 13.5. The summed E-state index contributed by atoms with van der Waals surface area (Å²) in [6.07, 6.45) is 2.92. The van der Waals surface area contributed by atoms with Crippen LogP contribution in [0.25, 0.3) is 0 Å². The van der Waals surface area contributed by atoms with Gasteiger partial charge in [-0.25, -0.2) is 9.78 Å². The molecule has 0 aliphatic heterocycles. The van der Waals surface area contributed by atoms with Gasteiger partial charge in [0.05, 0.1) is 6.04 Å². The van der Waals surface area contributed by atoms with Gasteiger partial charge in [0.1, 0.15) is 5.69 Å². The molecule has 6 nitrogen and oxygen atoms in total. The number of amides is 1. The lowest BCUT2D eigenvalue weighted by atomic mass is 10.1. The highest BCUT2D eigenvalue weighted by atomic mass is 16.4. The highest BCUT2D eigenvalue weighted by Gasteiger charge is 2.11. The molecule has 1 aromatic heterocycles. The molecule has 98 valence electrons. The summed E-state index contributed by atoms with van der Waals surface area (Å²) in [4.78, 5) is 25.9. The minimum Gasteiger partial charge on any atom is -0.477 e. The van der Waals surface area contributed by atoms with Crippen molar-refractivity contribution in [2.45, 2.75) is 32.4 Å². The summed E-state index contributed by atoms with van der Waals surface area (Å²) in [6, 6.07) is 2.51. The van der Waals surface area contributed by atoms with Crippen LogP contribution >= 0.6 is 0 Å². The zero-order valence-corrected chi connectivity index (χ0v) is 10.2. The lowest BCUT2D eigenvalue weighted by molar-refractivity contribution is -0.122. The molecular formula is C12H17N3O3. The molecule has 0 bridgehead atoms. The summed E-state index contributed by atoms with van der Waals surface area (Å²) in [7, 11) is 0. The van der Waals surface area contributed by atoms with E-state index in [2.05, 4.69) is 10.3 Å². The predicted octanol–water partition coefficient (Wildman–Crippen LogP) is 0.523. The first-order chi connectivity index (χ1) is 8.54. The van der Waals surface area contributed by atoms with Crippen molar-refractivity contribution >= 4 is 11.9 Å². The van der Waals surface area contributed by atoms with E-state index in [1.165, 1.54) is 12.3 Å². The van der Waals surface area contributed by atoms with Crippen LogP contribution < -0.4 is 11.1 Å². The maximum absolute atomic E-state index is 11.5. The van der Waals surface area contributed by atoms with Gasteiger partial charge >= 0.3 is 5.97 Å². The van der Waals surface area contributed by atoms with Gasteiger partial charge in [0, 0.05) is 12.7 Å². The summed E-state index contributed by atoms with van der Waals surface area (Å²) in [5, 5.41) is 11.4. The Morgan fingerprint density at radius 2 is 2.22 bits per heavy atom. The van der Waals surface area contributed by atoms with Crippen LogP contribution in [-0.4, -0.2) is 28.0 Å². The molecule has 0 aliphatic carbocycles. The van der Waals surface area contributed by atoms with Crippen LogP contribution in [0.4, 0.5) is 0 Å². The number of nitrogens with two attached hydrogens (primary N) is 1. The number of carboxylic acid groups (broad SMARTS) is 1. The van der Waals surface area contributed by atoms with Gasteiger partial charge < -0.3 is 16.2 Å². The Labute approximate surface area is 105 Å². The van der Waals surface area contributed by atoms with Gasteiger partial charge in [0.15, 0.2) is 0 Å². The van der Waals surface area contributed by atoms with Crippen molar-refractivity contribution in [3.63, 3.8) is 0 Å². The highest BCUT2D eigenvalue weighted by Crippen LogP contribution is 2.01. The molecule has 0 spiro atoms. The smallest absolute Gasteiger partial charge is 0.354 e. The van der Waals surface area contributed by atoms with E-state index in [0.29, 0.717) is 13.0 Å². The van der Waals surface area contributed by atoms with Crippen molar-refractivity contribution in [2.75, 3.05) is 0 Å². The molecule has 0 saturated heterocycles. The van der Waals surface area contributed by atoms with E-state index in [0.717, 1.165) is 12.0 Å². The van der Waals surface area contributed by atoms with Crippen molar-refractivity contribution in [1.82, 2.24) is 10.3 Å². The minimum atomic E-state index is -1.07. The number of nitrogens with one attached hydrogen (secondary N) is 1. The van der Waals surface area contributed by atoms with Gasteiger partial charge in [0.25, 0.3) is 0 Å². The number of pyridine rings is 1. The second kappa shape index (κ2) is 6.70. The maximum atomic E-state index is 11.5. The minimum absolute atomic E-state index is 0.0206. The van der Waals surface area contributed by atoms with Gasteiger partial charge in [-0.15, -0.1) is 0 Å². The molecule has 0 unspecified atom stereocenters. The van der Waals surface area contributed by atoms with Crippen LogP contribution in [0.5, 0.6) is 0 Å². The second-order valence-corrected chi connectivity index (χ2v) is 3.97. The van der Waals surface area contributed by atoms with Crippen LogP contribution in [0.15, 0.2) is 18.3 Å². The van der Waals surface area contributed by atoms with Crippen LogP contribution in [0.1, 0.15) is 35.8 Å². The molecule has 0 aromatic carbocycles. The molecule has 0 aliphatic rings. The lowest BCUT2D eigenvalue weighted by Crippen LogP contribution is -2.40. The average Bonchev–Trinajstić information content (AvgIpc) is 2.36. The molecule has 18 heavy (non-hydrogen) atoms. The van der Waals surface area contributed by atoms with Crippen LogP contribution in [0.2, 0.25) is 0 Å². The zero-order valence-electron chi connectivity index (χ0n) is 10.2. The van der Waals surface area contributed by atoms with E-state index in [-0.39, 0.29) is 11.6 Å². The van der Waals surface area contributed by atoms with Crippen molar-refractivity contribution in [3.8, 4) is 0 Å². The first-order valence-corrected chi connectivity index (χ1v) is 5.76. The van der Waals surface area contributed by atoms with E-state index < -0.39 is 12.0 Å². The van der Waals surface area contributed by atoms with Crippen LogP contribution in [0, 0.1) is 0 Å². The molecule has 0 fully saturated rings. The molecule has 4 N–H and O–H groups in total. The summed E-state index contributed by atoms with van der Waals surface area (Å²) < 4.78 is 0.